The Morgan fingerprint density at radius 1 is 1.45 bits per heavy atom. The van der Waals surface area contributed by atoms with E-state index in [0.29, 0.717) is 5.17 Å². The number of nitrogens with zero attached hydrogens (tertiary/aromatic N) is 3. The second-order valence-corrected chi connectivity index (χ2v) is 1.38. The molecule has 0 heterocycles. The van der Waals surface area contributed by atoms with Crippen molar-refractivity contribution in [2.45, 2.75) is 6.92 Å². The summed E-state index contributed by atoms with van der Waals surface area (Å²) < 4.78 is 0. The molecule has 0 aliphatic rings. The molecule has 68 valence electrons. The summed E-state index contributed by atoms with van der Waals surface area (Å²) >= 11 is 0. The smallest absolute Gasteiger partial charge is 0.0408 e. The van der Waals surface area contributed by atoms with Crippen LogP contribution >= 0.6 is 0 Å². The van der Waals surface area contributed by atoms with E-state index in [4.69, 9.17) is 0 Å². The number of hydrogen-bond acceptors (Lipinski definition) is 9. The molecule has 0 aliphatic heterocycles. The Balaban J connectivity index is 3.74. The van der Waals surface area contributed by atoms with E-state index in [2.05, 4.69) is 21.6 Å². The van der Waals surface area contributed by atoms with E-state index in [1.165, 1.54) is 6.92 Å². The van der Waals surface area contributed by atoms with E-state index in [-0.39, 0.29) is 11.9 Å². The lowest BCUT2D eigenvalue weighted by Crippen LogP contribution is -2.45. The summed E-state index contributed by atoms with van der Waals surface area (Å²) in [6, 6.07) is 0. The molecule has 0 aromatic heterocycles. The van der Waals surface area contributed by atoms with Crippen molar-refractivity contribution in [3.8, 4) is 0 Å². The minimum atomic E-state index is -0.409. The molecule has 9 nitrogen and oxygen atoms in total. The van der Waals surface area contributed by atoms with Crippen LogP contribution in [-0.2, 0) is 9.88 Å². The molecule has 0 bridgehead atoms. The highest BCUT2D eigenvalue weighted by Gasteiger charge is 2.04. The molecule has 9 heteroatoms. The zero-order valence-electron chi connectivity index (χ0n) is 5.84. The second-order valence-electron chi connectivity index (χ2n) is 1.38. The molecule has 0 radical (unpaired) electrons. The predicted octanol–water partition coefficient (Wildman–Crippen LogP) is -1.65. The van der Waals surface area contributed by atoms with Crippen LogP contribution in [0.4, 0.5) is 0 Å². The van der Waals surface area contributed by atoms with Crippen molar-refractivity contribution in [3.63, 3.8) is 0 Å². The summed E-state index contributed by atoms with van der Waals surface area (Å²) in [7, 11) is 0. The van der Waals surface area contributed by atoms with Crippen LogP contribution in [0.1, 0.15) is 6.92 Å². The quantitative estimate of drug-likeness (QED) is 0.365. The largest absolute Gasteiger partial charge is 0.747 e. The molecule has 0 rings (SSSR count). The number of hydrogen-bond donors (Lipinski definition) is 2. The van der Waals surface area contributed by atoms with Crippen LogP contribution in [0.25, 0.3) is 0 Å². The summed E-state index contributed by atoms with van der Waals surface area (Å²) in [5.74, 6) is 8.97. The van der Waals surface area contributed by atoms with E-state index in [1.54, 1.807) is 0 Å². The molecular weight excluding hydrogens is 158 g/mol. The standard InChI is InChI=1S/C2H9N5O4/c1-2-5(7(9)10-4)11-6(3)8/h2-4H2,1H3/q-2. The average Bonchev–Trinajstić information content (AvgIpc) is 1.98. The first-order valence-corrected chi connectivity index (χ1v) is 2.63. The highest BCUT2D eigenvalue weighted by molar-refractivity contribution is 4.31. The molecule has 0 unspecified atom stereocenters. The van der Waals surface area contributed by atoms with Crippen molar-refractivity contribution in [3.05, 3.63) is 10.4 Å². The first-order valence-electron chi connectivity index (χ1n) is 2.63. The third-order valence-corrected chi connectivity index (χ3v) is 0.718. The normalized spacial score (nSPS) is 12.0. The Labute approximate surface area is 62.5 Å². The van der Waals surface area contributed by atoms with Gasteiger partial charge < -0.3 is 10.4 Å². The van der Waals surface area contributed by atoms with Gasteiger partial charge >= 0.3 is 0 Å². The van der Waals surface area contributed by atoms with Gasteiger partial charge in [0, 0.05) is 6.54 Å². The first-order chi connectivity index (χ1) is 5.11. The lowest BCUT2D eigenvalue weighted by molar-refractivity contribution is -0.446. The topological polar surface area (TPSA) is 126 Å². The summed E-state index contributed by atoms with van der Waals surface area (Å²) in [6.07, 6.45) is 0. The average molecular weight is 167 g/mol. The van der Waals surface area contributed by atoms with Gasteiger partial charge in [-0.3, -0.25) is 5.84 Å². The van der Waals surface area contributed by atoms with Gasteiger partial charge in [-0.25, -0.2) is 4.94 Å². The minimum Gasteiger partial charge on any atom is -0.747 e. The maximum Gasteiger partial charge on any atom is 0.0408 e. The molecule has 0 fully saturated rings. The van der Waals surface area contributed by atoms with Gasteiger partial charge in [0.15, 0.2) is 0 Å². The SMILES string of the molecule is CCN(ON(N)[O-])N([O-])ON. The minimum absolute atomic E-state index is 0.0522. The van der Waals surface area contributed by atoms with E-state index in [0.717, 1.165) is 0 Å². The number of rotatable bonds is 5. The maximum absolute atomic E-state index is 10.4. The Hall–Kier alpha value is -0.360. The summed E-state index contributed by atoms with van der Waals surface area (Å²) in [5.41, 5.74) is 0. The zero-order valence-corrected chi connectivity index (χ0v) is 5.84. The van der Waals surface area contributed by atoms with Crippen LogP contribution in [0.2, 0.25) is 0 Å². The van der Waals surface area contributed by atoms with Crippen molar-refractivity contribution in [1.82, 2.24) is 15.8 Å². The Morgan fingerprint density at radius 2 is 2.00 bits per heavy atom. The lowest BCUT2D eigenvalue weighted by Gasteiger charge is -2.36. The van der Waals surface area contributed by atoms with Crippen LogP contribution in [0.15, 0.2) is 0 Å². The van der Waals surface area contributed by atoms with Crippen molar-refractivity contribution in [2.75, 3.05) is 6.54 Å². The van der Waals surface area contributed by atoms with Gasteiger partial charge in [0.05, 0.1) is 0 Å². The fourth-order valence-electron chi connectivity index (χ4n) is 0.348. The fraction of sp³-hybridized carbons (Fsp3) is 1.00. The molecule has 0 aliphatic carbocycles. The van der Waals surface area contributed by atoms with E-state index < -0.39 is 5.34 Å². The van der Waals surface area contributed by atoms with Crippen LogP contribution in [0.3, 0.4) is 0 Å². The van der Waals surface area contributed by atoms with Crippen molar-refractivity contribution in [1.29, 1.82) is 0 Å². The van der Waals surface area contributed by atoms with E-state index in [9.17, 15) is 10.4 Å². The highest BCUT2D eigenvalue weighted by Crippen LogP contribution is 1.95. The molecule has 0 amide bonds. The molecule has 4 N–H and O–H groups in total. The monoisotopic (exact) mass is 167 g/mol. The van der Waals surface area contributed by atoms with Crippen LogP contribution < -0.4 is 11.7 Å². The number of hydrazine groups is 2. The van der Waals surface area contributed by atoms with Gasteiger partial charge in [-0.2, -0.15) is 16.2 Å². The maximum atomic E-state index is 10.4. The van der Waals surface area contributed by atoms with Gasteiger partial charge in [-0.15, -0.1) is 5.34 Å². The van der Waals surface area contributed by atoms with Gasteiger partial charge in [-0.05, 0) is 6.92 Å². The van der Waals surface area contributed by atoms with Crippen LogP contribution in [0, 0.1) is 10.4 Å². The van der Waals surface area contributed by atoms with Crippen molar-refractivity contribution in [2.24, 2.45) is 11.7 Å². The van der Waals surface area contributed by atoms with E-state index in [1.807, 2.05) is 0 Å². The highest BCUT2D eigenvalue weighted by atomic mass is 17.1. The fourth-order valence-corrected chi connectivity index (χ4v) is 0.348. The molecule has 0 aromatic carbocycles. The summed E-state index contributed by atoms with van der Waals surface area (Å²) in [4.78, 5) is 7.71. The van der Waals surface area contributed by atoms with Crippen molar-refractivity contribution < 1.29 is 9.88 Å². The predicted molar refractivity (Wildman–Crippen MR) is 33.3 cm³/mol. The molecule has 11 heavy (non-hydrogen) atoms. The van der Waals surface area contributed by atoms with E-state index >= 15 is 0 Å². The van der Waals surface area contributed by atoms with Crippen molar-refractivity contribution >= 4 is 0 Å². The summed E-state index contributed by atoms with van der Waals surface area (Å²) in [5, 5.41) is 20.2. The lowest BCUT2D eigenvalue weighted by atomic mass is 10.8. The third-order valence-electron chi connectivity index (χ3n) is 0.718. The van der Waals surface area contributed by atoms with Crippen LogP contribution in [0.5, 0.6) is 0 Å². The van der Waals surface area contributed by atoms with Gasteiger partial charge in [-0.1, -0.05) is 5.17 Å². The van der Waals surface area contributed by atoms with Gasteiger partial charge in [0.25, 0.3) is 0 Å². The first kappa shape index (κ1) is 10.6. The Kier molecular flexibility index (Phi) is 5.14. The second kappa shape index (κ2) is 5.31. The number of hydroxylamine groups is 1. The molecular formula is C2H9N5O4-2. The zero-order chi connectivity index (χ0) is 8.85. The molecule has 0 spiro atoms. The number of nitrogens with two attached hydrogens (primary N) is 2. The Morgan fingerprint density at radius 3 is 2.27 bits per heavy atom. The third kappa shape index (κ3) is 4.15. The molecule has 0 atom stereocenters. The molecule has 0 aromatic rings. The molecule has 0 saturated carbocycles. The molecule has 0 saturated heterocycles. The van der Waals surface area contributed by atoms with Gasteiger partial charge in [0.2, 0.25) is 0 Å². The Bertz CT molecular complexity index is 100. The van der Waals surface area contributed by atoms with Gasteiger partial charge in [0.1, 0.15) is 0 Å². The summed E-state index contributed by atoms with van der Waals surface area (Å²) in [6.45, 7) is 1.57. The van der Waals surface area contributed by atoms with Crippen LogP contribution in [-0.4, -0.2) is 22.4 Å².